The van der Waals surface area contributed by atoms with E-state index < -0.39 is 4.92 Å². The standard InChI is InChI=1S/C12H12N2O3/c1-13-6-5-12(15)11(8-13)9-3-2-4-10(7-9)14(16)17/h2-4,7-8H,5-6H2,1H3. The lowest BCUT2D eigenvalue weighted by molar-refractivity contribution is -0.384. The number of allylic oxidation sites excluding steroid dienone is 1. The van der Waals surface area contributed by atoms with E-state index in [1.54, 1.807) is 18.3 Å². The van der Waals surface area contributed by atoms with Crippen molar-refractivity contribution in [3.63, 3.8) is 0 Å². The normalized spacial score (nSPS) is 15.7. The summed E-state index contributed by atoms with van der Waals surface area (Å²) in [5, 5.41) is 10.7. The number of Topliss-reactive ketones (excluding diaryl/α,β-unsaturated/α-hetero) is 1. The maximum Gasteiger partial charge on any atom is 0.270 e. The molecule has 0 saturated carbocycles. The Balaban J connectivity index is 2.42. The molecule has 0 spiro atoms. The molecule has 17 heavy (non-hydrogen) atoms. The van der Waals surface area contributed by atoms with Crippen LogP contribution in [0.5, 0.6) is 0 Å². The van der Waals surface area contributed by atoms with Crippen molar-refractivity contribution in [2.45, 2.75) is 6.42 Å². The van der Waals surface area contributed by atoms with Gasteiger partial charge < -0.3 is 4.90 Å². The van der Waals surface area contributed by atoms with Crippen LogP contribution in [-0.4, -0.2) is 29.2 Å². The maximum absolute atomic E-state index is 11.8. The van der Waals surface area contributed by atoms with Crippen molar-refractivity contribution in [2.24, 2.45) is 0 Å². The topological polar surface area (TPSA) is 63.4 Å². The SMILES string of the molecule is CN1C=C(c2cccc([N+](=O)[O-])c2)C(=O)CC1. The number of nitro groups is 1. The van der Waals surface area contributed by atoms with E-state index in [2.05, 4.69) is 0 Å². The first kappa shape index (κ1) is 11.3. The fourth-order valence-corrected chi connectivity index (χ4v) is 1.79. The van der Waals surface area contributed by atoms with Crippen LogP contribution in [0.3, 0.4) is 0 Å². The Labute approximate surface area is 98.5 Å². The molecule has 1 aromatic carbocycles. The van der Waals surface area contributed by atoms with Crippen molar-refractivity contribution in [1.29, 1.82) is 0 Å². The smallest absolute Gasteiger partial charge is 0.270 e. The Morgan fingerprint density at radius 3 is 2.88 bits per heavy atom. The van der Waals surface area contributed by atoms with Crippen LogP contribution in [0.4, 0.5) is 5.69 Å². The van der Waals surface area contributed by atoms with Crippen LogP contribution in [0, 0.1) is 10.1 Å². The van der Waals surface area contributed by atoms with Gasteiger partial charge in [-0.2, -0.15) is 0 Å². The van der Waals surface area contributed by atoms with Crippen LogP contribution in [0.2, 0.25) is 0 Å². The van der Waals surface area contributed by atoms with Crippen LogP contribution in [0.1, 0.15) is 12.0 Å². The zero-order valence-electron chi connectivity index (χ0n) is 9.42. The first-order chi connectivity index (χ1) is 8.08. The molecule has 0 unspecified atom stereocenters. The van der Waals surface area contributed by atoms with E-state index in [0.717, 1.165) is 0 Å². The molecular weight excluding hydrogens is 220 g/mol. The number of hydrogen-bond donors (Lipinski definition) is 0. The average molecular weight is 232 g/mol. The third-order valence-electron chi connectivity index (χ3n) is 2.71. The third kappa shape index (κ3) is 2.33. The lowest BCUT2D eigenvalue weighted by Gasteiger charge is -2.21. The number of rotatable bonds is 2. The van der Waals surface area contributed by atoms with Crippen molar-refractivity contribution in [3.8, 4) is 0 Å². The number of carbonyl (C=O) groups excluding carboxylic acids is 1. The van der Waals surface area contributed by atoms with Crippen molar-refractivity contribution in [3.05, 3.63) is 46.1 Å². The van der Waals surface area contributed by atoms with Gasteiger partial charge in [0.15, 0.2) is 5.78 Å². The second kappa shape index (κ2) is 4.37. The molecule has 0 radical (unpaired) electrons. The Bertz CT molecular complexity index is 508. The molecule has 1 aromatic rings. The zero-order chi connectivity index (χ0) is 12.4. The molecular formula is C12H12N2O3. The number of carbonyl (C=O) groups is 1. The first-order valence-electron chi connectivity index (χ1n) is 5.28. The maximum atomic E-state index is 11.8. The Hall–Kier alpha value is -2.17. The summed E-state index contributed by atoms with van der Waals surface area (Å²) < 4.78 is 0. The highest BCUT2D eigenvalue weighted by Crippen LogP contribution is 2.24. The second-order valence-corrected chi connectivity index (χ2v) is 4.00. The Morgan fingerprint density at radius 1 is 1.41 bits per heavy atom. The summed E-state index contributed by atoms with van der Waals surface area (Å²) >= 11 is 0. The Kier molecular flexibility index (Phi) is 2.91. The molecule has 1 aliphatic heterocycles. The molecule has 0 saturated heterocycles. The van der Waals surface area contributed by atoms with E-state index in [0.29, 0.717) is 24.1 Å². The largest absolute Gasteiger partial charge is 0.379 e. The van der Waals surface area contributed by atoms with E-state index >= 15 is 0 Å². The fourth-order valence-electron chi connectivity index (χ4n) is 1.79. The Morgan fingerprint density at radius 2 is 2.18 bits per heavy atom. The van der Waals surface area contributed by atoms with Crippen molar-refractivity contribution >= 4 is 17.0 Å². The number of benzene rings is 1. The van der Waals surface area contributed by atoms with Crippen molar-refractivity contribution in [1.82, 2.24) is 4.90 Å². The summed E-state index contributed by atoms with van der Waals surface area (Å²) in [6, 6.07) is 6.16. The van der Waals surface area contributed by atoms with Gasteiger partial charge in [-0.25, -0.2) is 0 Å². The van der Waals surface area contributed by atoms with E-state index in [9.17, 15) is 14.9 Å². The van der Waals surface area contributed by atoms with Gasteiger partial charge in [0, 0.05) is 43.9 Å². The lowest BCUT2D eigenvalue weighted by Crippen LogP contribution is -2.23. The second-order valence-electron chi connectivity index (χ2n) is 4.00. The molecule has 0 N–H and O–H groups in total. The number of non-ortho nitro benzene ring substituents is 1. The predicted molar refractivity (Wildman–Crippen MR) is 63.3 cm³/mol. The van der Waals surface area contributed by atoms with Gasteiger partial charge in [-0.15, -0.1) is 0 Å². The monoisotopic (exact) mass is 232 g/mol. The highest BCUT2D eigenvalue weighted by atomic mass is 16.6. The molecule has 0 fully saturated rings. The minimum absolute atomic E-state index is 0.00410. The van der Waals surface area contributed by atoms with Crippen LogP contribution in [0.25, 0.3) is 5.57 Å². The number of nitrogens with zero attached hydrogens (tertiary/aromatic N) is 2. The molecule has 0 amide bonds. The van der Waals surface area contributed by atoms with E-state index in [-0.39, 0.29) is 11.5 Å². The number of ketones is 1. The molecule has 88 valence electrons. The van der Waals surface area contributed by atoms with Gasteiger partial charge in [0.25, 0.3) is 5.69 Å². The van der Waals surface area contributed by atoms with Gasteiger partial charge in [0.1, 0.15) is 0 Å². The highest BCUT2D eigenvalue weighted by Gasteiger charge is 2.19. The molecule has 1 aliphatic rings. The van der Waals surface area contributed by atoms with Gasteiger partial charge in [-0.1, -0.05) is 12.1 Å². The van der Waals surface area contributed by atoms with Crippen LogP contribution >= 0.6 is 0 Å². The average Bonchev–Trinajstić information content (AvgIpc) is 2.32. The van der Waals surface area contributed by atoms with Crippen LogP contribution in [0.15, 0.2) is 30.5 Å². The van der Waals surface area contributed by atoms with Gasteiger partial charge in [0.05, 0.1) is 4.92 Å². The molecule has 0 bridgehead atoms. The van der Waals surface area contributed by atoms with Gasteiger partial charge in [-0.05, 0) is 5.56 Å². The number of nitro benzene ring substituents is 1. The van der Waals surface area contributed by atoms with Gasteiger partial charge in [0.2, 0.25) is 0 Å². The molecule has 0 aromatic heterocycles. The molecule has 5 nitrogen and oxygen atoms in total. The highest BCUT2D eigenvalue weighted by molar-refractivity contribution is 6.21. The summed E-state index contributed by atoms with van der Waals surface area (Å²) in [7, 11) is 1.88. The molecule has 0 atom stereocenters. The molecule has 2 rings (SSSR count). The van der Waals surface area contributed by atoms with Crippen LogP contribution < -0.4 is 0 Å². The summed E-state index contributed by atoms with van der Waals surface area (Å²) in [6.07, 6.45) is 2.19. The van der Waals surface area contributed by atoms with E-state index in [4.69, 9.17) is 0 Å². The minimum Gasteiger partial charge on any atom is -0.379 e. The summed E-state index contributed by atoms with van der Waals surface area (Å²) in [5.41, 5.74) is 1.16. The van der Waals surface area contributed by atoms with Crippen molar-refractivity contribution < 1.29 is 9.72 Å². The first-order valence-corrected chi connectivity index (χ1v) is 5.28. The van der Waals surface area contributed by atoms with E-state index in [1.165, 1.54) is 12.1 Å². The summed E-state index contributed by atoms with van der Waals surface area (Å²) in [4.78, 5) is 23.9. The number of hydrogen-bond acceptors (Lipinski definition) is 4. The predicted octanol–water partition coefficient (Wildman–Crippen LogP) is 1.84. The fraction of sp³-hybridized carbons (Fsp3) is 0.250. The summed E-state index contributed by atoms with van der Waals surface area (Å²) in [5.74, 6) is 0.0311. The zero-order valence-corrected chi connectivity index (χ0v) is 9.42. The molecule has 5 heteroatoms. The van der Waals surface area contributed by atoms with Crippen molar-refractivity contribution in [2.75, 3.05) is 13.6 Å². The quantitative estimate of drug-likeness (QED) is 0.576. The molecule has 0 aliphatic carbocycles. The van der Waals surface area contributed by atoms with Gasteiger partial charge >= 0.3 is 0 Å². The summed E-state index contributed by atoms with van der Waals surface area (Å²) in [6.45, 7) is 0.692. The van der Waals surface area contributed by atoms with E-state index in [1.807, 2.05) is 11.9 Å². The lowest BCUT2D eigenvalue weighted by atomic mass is 9.98. The molecule has 1 heterocycles. The minimum atomic E-state index is -0.457. The third-order valence-corrected chi connectivity index (χ3v) is 2.71. The van der Waals surface area contributed by atoms with Gasteiger partial charge in [-0.3, -0.25) is 14.9 Å². The van der Waals surface area contributed by atoms with Crippen LogP contribution in [-0.2, 0) is 4.79 Å².